The standard InChI is InChI=1S/C13H18N2S2/c1-8(2)14-6-11-7-15-13(17-11)12-5-9(3)16-10(12)4/h5,7-8,14H,6H2,1-4H3. The van der Waals surface area contributed by atoms with Crippen LogP contribution in [0, 0.1) is 13.8 Å². The van der Waals surface area contributed by atoms with Crippen molar-refractivity contribution in [3.8, 4) is 10.6 Å². The Balaban J connectivity index is 2.15. The molecule has 2 heterocycles. The third-order valence-electron chi connectivity index (χ3n) is 2.51. The van der Waals surface area contributed by atoms with Gasteiger partial charge in [-0.05, 0) is 19.9 Å². The molecular formula is C13H18N2S2. The Hall–Kier alpha value is -0.710. The van der Waals surface area contributed by atoms with Gasteiger partial charge in [-0.2, -0.15) is 0 Å². The van der Waals surface area contributed by atoms with Gasteiger partial charge < -0.3 is 5.32 Å². The molecule has 0 aliphatic carbocycles. The van der Waals surface area contributed by atoms with Gasteiger partial charge in [-0.1, -0.05) is 13.8 Å². The monoisotopic (exact) mass is 266 g/mol. The van der Waals surface area contributed by atoms with Gasteiger partial charge in [0.2, 0.25) is 0 Å². The summed E-state index contributed by atoms with van der Waals surface area (Å²) in [5.41, 5.74) is 1.30. The maximum absolute atomic E-state index is 4.52. The molecule has 4 heteroatoms. The molecule has 2 rings (SSSR count). The van der Waals surface area contributed by atoms with Gasteiger partial charge in [0.05, 0.1) is 0 Å². The topological polar surface area (TPSA) is 24.9 Å². The van der Waals surface area contributed by atoms with Gasteiger partial charge in [0, 0.05) is 39.0 Å². The fourth-order valence-corrected chi connectivity index (χ4v) is 3.59. The molecule has 0 saturated carbocycles. The van der Waals surface area contributed by atoms with E-state index in [0.717, 1.165) is 11.6 Å². The van der Waals surface area contributed by atoms with E-state index in [1.165, 1.54) is 20.2 Å². The van der Waals surface area contributed by atoms with Crippen molar-refractivity contribution in [2.45, 2.75) is 40.3 Å². The van der Waals surface area contributed by atoms with Gasteiger partial charge in [-0.3, -0.25) is 0 Å². The fraction of sp³-hybridized carbons (Fsp3) is 0.462. The minimum atomic E-state index is 0.519. The molecule has 0 amide bonds. The SMILES string of the molecule is Cc1cc(-c2ncc(CNC(C)C)s2)c(C)s1. The predicted molar refractivity (Wildman–Crippen MR) is 76.9 cm³/mol. The zero-order valence-electron chi connectivity index (χ0n) is 10.7. The Morgan fingerprint density at radius 2 is 2.06 bits per heavy atom. The third-order valence-corrected chi connectivity index (χ3v) is 4.51. The van der Waals surface area contributed by atoms with E-state index >= 15 is 0 Å². The number of aryl methyl sites for hydroxylation is 2. The van der Waals surface area contributed by atoms with Crippen LogP contribution in [0.3, 0.4) is 0 Å². The molecule has 0 unspecified atom stereocenters. The second-order valence-electron chi connectivity index (χ2n) is 4.49. The zero-order chi connectivity index (χ0) is 12.4. The maximum Gasteiger partial charge on any atom is 0.124 e. The van der Waals surface area contributed by atoms with Crippen LogP contribution in [0.4, 0.5) is 0 Å². The minimum Gasteiger partial charge on any atom is -0.310 e. The molecule has 2 aromatic heterocycles. The van der Waals surface area contributed by atoms with Crippen molar-refractivity contribution in [2.75, 3.05) is 0 Å². The summed E-state index contributed by atoms with van der Waals surface area (Å²) in [5.74, 6) is 0. The molecule has 0 bridgehead atoms. The first-order valence-electron chi connectivity index (χ1n) is 5.81. The summed E-state index contributed by atoms with van der Waals surface area (Å²) in [5, 5.41) is 4.57. The van der Waals surface area contributed by atoms with Crippen LogP contribution >= 0.6 is 22.7 Å². The van der Waals surface area contributed by atoms with Crippen LogP contribution < -0.4 is 5.32 Å². The first-order chi connectivity index (χ1) is 8.06. The average Bonchev–Trinajstić information content (AvgIpc) is 2.82. The normalized spacial score (nSPS) is 11.4. The molecule has 0 spiro atoms. The van der Waals surface area contributed by atoms with Crippen LogP contribution in [-0.2, 0) is 6.54 Å². The summed E-state index contributed by atoms with van der Waals surface area (Å²) >= 11 is 3.63. The van der Waals surface area contributed by atoms with Crippen molar-refractivity contribution in [1.82, 2.24) is 10.3 Å². The summed E-state index contributed by atoms with van der Waals surface area (Å²) in [6.45, 7) is 9.55. The molecule has 0 radical (unpaired) electrons. The van der Waals surface area contributed by atoms with Gasteiger partial charge in [-0.15, -0.1) is 22.7 Å². The lowest BCUT2D eigenvalue weighted by atomic mass is 10.2. The highest BCUT2D eigenvalue weighted by molar-refractivity contribution is 7.16. The molecular weight excluding hydrogens is 248 g/mol. The molecule has 0 atom stereocenters. The van der Waals surface area contributed by atoms with Crippen molar-refractivity contribution in [2.24, 2.45) is 0 Å². The number of thiazole rings is 1. The van der Waals surface area contributed by atoms with E-state index in [9.17, 15) is 0 Å². The molecule has 0 aromatic carbocycles. The van der Waals surface area contributed by atoms with E-state index in [0.29, 0.717) is 6.04 Å². The summed E-state index contributed by atoms with van der Waals surface area (Å²) in [6, 6.07) is 2.75. The minimum absolute atomic E-state index is 0.519. The lowest BCUT2D eigenvalue weighted by Gasteiger charge is -2.04. The van der Waals surface area contributed by atoms with Crippen LogP contribution in [-0.4, -0.2) is 11.0 Å². The highest BCUT2D eigenvalue weighted by atomic mass is 32.1. The molecule has 0 fully saturated rings. The Morgan fingerprint density at radius 3 is 2.65 bits per heavy atom. The van der Waals surface area contributed by atoms with Gasteiger partial charge in [-0.25, -0.2) is 4.98 Å². The number of hydrogen-bond donors (Lipinski definition) is 1. The van der Waals surface area contributed by atoms with Gasteiger partial charge in [0.25, 0.3) is 0 Å². The van der Waals surface area contributed by atoms with E-state index in [1.54, 1.807) is 11.3 Å². The van der Waals surface area contributed by atoms with E-state index in [2.05, 4.69) is 44.1 Å². The second-order valence-corrected chi connectivity index (χ2v) is 7.07. The first kappa shape index (κ1) is 12.7. The van der Waals surface area contributed by atoms with Crippen molar-refractivity contribution < 1.29 is 0 Å². The molecule has 0 aliphatic rings. The summed E-state index contributed by atoms with van der Waals surface area (Å²) in [7, 11) is 0. The van der Waals surface area contributed by atoms with Crippen LogP contribution in [0.1, 0.15) is 28.5 Å². The van der Waals surface area contributed by atoms with Gasteiger partial charge in [0.15, 0.2) is 0 Å². The Morgan fingerprint density at radius 1 is 1.29 bits per heavy atom. The number of aromatic nitrogens is 1. The second kappa shape index (κ2) is 5.29. The molecule has 2 nitrogen and oxygen atoms in total. The number of hydrogen-bond acceptors (Lipinski definition) is 4. The third kappa shape index (κ3) is 3.15. The summed E-state index contributed by atoms with van der Waals surface area (Å²) < 4.78 is 0. The van der Waals surface area contributed by atoms with E-state index in [-0.39, 0.29) is 0 Å². The molecule has 0 saturated heterocycles. The molecule has 17 heavy (non-hydrogen) atoms. The van der Waals surface area contributed by atoms with E-state index in [4.69, 9.17) is 0 Å². The van der Waals surface area contributed by atoms with Crippen molar-refractivity contribution >= 4 is 22.7 Å². The number of thiophene rings is 1. The smallest absolute Gasteiger partial charge is 0.124 e. The van der Waals surface area contributed by atoms with Crippen LogP contribution in [0.2, 0.25) is 0 Å². The molecule has 2 aromatic rings. The lowest BCUT2D eigenvalue weighted by Crippen LogP contribution is -2.21. The average molecular weight is 266 g/mol. The molecule has 1 N–H and O–H groups in total. The van der Waals surface area contributed by atoms with E-state index < -0.39 is 0 Å². The predicted octanol–water partition coefficient (Wildman–Crippen LogP) is 3.99. The number of rotatable bonds is 4. The van der Waals surface area contributed by atoms with Crippen molar-refractivity contribution in [3.63, 3.8) is 0 Å². The zero-order valence-corrected chi connectivity index (χ0v) is 12.3. The molecule has 92 valence electrons. The Bertz CT molecular complexity index is 497. The van der Waals surface area contributed by atoms with Crippen molar-refractivity contribution in [1.29, 1.82) is 0 Å². The fourth-order valence-electron chi connectivity index (χ4n) is 1.66. The Kier molecular flexibility index (Phi) is 3.97. The van der Waals surface area contributed by atoms with Crippen molar-refractivity contribution in [3.05, 3.63) is 26.9 Å². The maximum atomic E-state index is 4.52. The lowest BCUT2D eigenvalue weighted by molar-refractivity contribution is 0.593. The highest BCUT2D eigenvalue weighted by Gasteiger charge is 2.10. The number of nitrogens with zero attached hydrogens (tertiary/aromatic N) is 1. The summed E-state index contributed by atoms with van der Waals surface area (Å²) in [6.07, 6.45) is 1.99. The highest BCUT2D eigenvalue weighted by Crippen LogP contribution is 2.33. The van der Waals surface area contributed by atoms with Crippen LogP contribution in [0.25, 0.3) is 10.6 Å². The first-order valence-corrected chi connectivity index (χ1v) is 7.45. The van der Waals surface area contributed by atoms with E-state index in [1.807, 2.05) is 17.5 Å². The summed E-state index contributed by atoms with van der Waals surface area (Å²) in [4.78, 5) is 8.54. The van der Waals surface area contributed by atoms with Crippen LogP contribution in [0.5, 0.6) is 0 Å². The quantitative estimate of drug-likeness (QED) is 0.905. The van der Waals surface area contributed by atoms with Gasteiger partial charge in [0.1, 0.15) is 5.01 Å². The molecule has 0 aliphatic heterocycles. The van der Waals surface area contributed by atoms with Gasteiger partial charge >= 0.3 is 0 Å². The Labute approximate surface area is 111 Å². The number of nitrogens with one attached hydrogen (secondary N) is 1. The van der Waals surface area contributed by atoms with Crippen LogP contribution in [0.15, 0.2) is 12.3 Å². The largest absolute Gasteiger partial charge is 0.310 e.